The van der Waals surface area contributed by atoms with Crippen molar-refractivity contribution < 1.29 is 9.53 Å². The number of rotatable bonds is 2. The minimum Gasteiger partial charge on any atom is -0.465 e. The summed E-state index contributed by atoms with van der Waals surface area (Å²) >= 11 is 0. The fourth-order valence-electron chi connectivity index (χ4n) is 3.78. The predicted octanol–water partition coefficient (Wildman–Crippen LogP) is 2.82. The van der Waals surface area contributed by atoms with Gasteiger partial charge in [-0.25, -0.2) is 4.79 Å². The summed E-state index contributed by atoms with van der Waals surface area (Å²) < 4.78 is 4.91. The molecule has 2 N–H and O–H groups in total. The number of nitrogen functional groups attached to an aromatic ring is 1. The molecule has 0 radical (unpaired) electrons. The van der Waals surface area contributed by atoms with Crippen LogP contribution < -0.4 is 10.6 Å². The molecule has 0 aromatic heterocycles. The zero-order valence-electron chi connectivity index (χ0n) is 12.0. The van der Waals surface area contributed by atoms with Gasteiger partial charge >= 0.3 is 5.97 Å². The molecule has 4 nitrogen and oxygen atoms in total. The number of esters is 1. The summed E-state index contributed by atoms with van der Waals surface area (Å²) in [6, 6.07) is 6.16. The second-order valence-electron chi connectivity index (χ2n) is 5.86. The summed E-state index contributed by atoms with van der Waals surface area (Å²) in [7, 11) is 1.42. The quantitative estimate of drug-likeness (QED) is 0.665. The van der Waals surface area contributed by atoms with Crippen molar-refractivity contribution in [2.45, 2.75) is 38.1 Å². The van der Waals surface area contributed by atoms with E-state index in [0.717, 1.165) is 18.2 Å². The molecule has 2 atom stereocenters. The highest BCUT2D eigenvalue weighted by atomic mass is 16.5. The molecule has 1 saturated carbocycles. The van der Waals surface area contributed by atoms with E-state index in [-0.39, 0.29) is 5.97 Å². The molecule has 0 spiro atoms. The monoisotopic (exact) mass is 274 g/mol. The molecule has 1 heterocycles. The van der Waals surface area contributed by atoms with Gasteiger partial charge in [0, 0.05) is 18.3 Å². The Morgan fingerprint density at radius 2 is 2.10 bits per heavy atom. The SMILES string of the molecule is COC(=O)c1cc(N)ccc1N1CCC2CCCCC21. The molecule has 0 bridgehead atoms. The highest BCUT2D eigenvalue weighted by Gasteiger charge is 2.37. The summed E-state index contributed by atoms with van der Waals surface area (Å²) in [6.07, 6.45) is 6.43. The molecular weight excluding hydrogens is 252 g/mol. The van der Waals surface area contributed by atoms with E-state index >= 15 is 0 Å². The van der Waals surface area contributed by atoms with E-state index in [4.69, 9.17) is 10.5 Å². The van der Waals surface area contributed by atoms with Crippen LogP contribution in [0.25, 0.3) is 0 Å². The summed E-state index contributed by atoms with van der Waals surface area (Å²) in [6.45, 7) is 1.03. The van der Waals surface area contributed by atoms with Gasteiger partial charge in [0.15, 0.2) is 0 Å². The lowest BCUT2D eigenvalue weighted by Crippen LogP contribution is -2.35. The Hall–Kier alpha value is -1.71. The number of fused-ring (bicyclic) bond motifs is 1. The van der Waals surface area contributed by atoms with Gasteiger partial charge in [0.2, 0.25) is 0 Å². The first-order valence-electron chi connectivity index (χ1n) is 7.45. The van der Waals surface area contributed by atoms with Gasteiger partial charge in [0.1, 0.15) is 0 Å². The Morgan fingerprint density at radius 1 is 1.30 bits per heavy atom. The van der Waals surface area contributed by atoms with Crippen LogP contribution in [0.1, 0.15) is 42.5 Å². The average Bonchev–Trinajstić information content (AvgIpc) is 2.90. The van der Waals surface area contributed by atoms with Gasteiger partial charge in [-0.3, -0.25) is 0 Å². The molecule has 0 amide bonds. The predicted molar refractivity (Wildman–Crippen MR) is 79.9 cm³/mol. The van der Waals surface area contributed by atoms with Crippen LogP contribution >= 0.6 is 0 Å². The van der Waals surface area contributed by atoms with Crippen LogP contribution in [0.5, 0.6) is 0 Å². The van der Waals surface area contributed by atoms with Crippen molar-refractivity contribution >= 4 is 17.3 Å². The van der Waals surface area contributed by atoms with E-state index in [2.05, 4.69) is 4.90 Å². The third kappa shape index (κ3) is 2.23. The molecule has 20 heavy (non-hydrogen) atoms. The molecule has 1 aromatic rings. The Morgan fingerprint density at radius 3 is 2.90 bits per heavy atom. The van der Waals surface area contributed by atoms with Crippen LogP contribution in [0, 0.1) is 5.92 Å². The van der Waals surface area contributed by atoms with E-state index in [1.165, 1.54) is 39.2 Å². The lowest BCUT2D eigenvalue weighted by molar-refractivity contribution is 0.0601. The average molecular weight is 274 g/mol. The molecule has 1 aliphatic carbocycles. The highest BCUT2D eigenvalue weighted by Crippen LogP contribution is 2.40. The number of ether oxygens (including phenoxy) is 1. The van der Waals surface area contributed by atoms with Crippen molar-refractivity contribution in [1.29, 1.82) is 0 Å². The van der Waals surface area contributed by atoms with E-state index in [1.807, 2.05) is 12.1 Å². The van der Waals surface area contributed by atoms with Gasteiger partial charge < -0.3 is 15.4 Å². The molecule has 1 aliphatic heterocycles. The fourth-order valence-corrected chi connectivity index (χ4v) is 3.78. The Labute approximate surface area is 119 Å². The zero-order valence-corrected chi connectivity index (χ0v) is 12.0. The molecule has 4 heteroatoms. The first-order valence-corrected chi connectivity index (χ1v) is 7.45. The number of anilines is 2. The maximum atomic E-state index is 12.0. The maximum absolute atomic E-state index is 12.0. The van der Waals surface area contributed by atoms with Gasteiger partial charge in [0.05, 0.1) is 18.4 Å². The molecule has 108 valence electrons. The number of hydrogen-bond donors (Lipinski definition) is 1. The number of carbonyl (C=O) groups is 1. The topological polar surface area (TPSA) is 55.6 Å². The first-order chi connectivity index (χ1) is 9.70. The van der Waals surface area contributed by atoms with Crippen LogP contribution in [0.3, 0.4) is 0 Å². The molecule has 1 saturated heterocycles. The lowest BCUT2D eigenvalue weighted by Gasteiger charge is -2.34. The van der Waals surface area contributed by atoms with Crippen molar-refractivity contribution in [3.8, 4) is 0 Å². The number of benzene rings is 1. The lowest BCUT2D eigenvalue weighted by atomic mass is 9.85. The van der Waals surface area contributed by atoms with Crippen molar-refractivity contribution in [3.05, 3.63) is 23.8 Å². The molecular formula is C16H22N2O2. The van der Waals surface area contributed by atoms with Crippen LogP contribution in [0.2, 0.25) is 0 Å². The Balaban J connectivity index is 1.95. The smallest absolute Gasteiger partial charge is 0.340 e. The number of hydrogen-bond acceptors (Lipinski definition) is 4. The van der Waals surface area contributed by atoms with Gasteiger partial charge in [-0.15, -0.1) is 0 Å². The molecule has 2 unspecified atom stereocenters. The van der Waals surface area contributed by atoms with Gasteiger partial charge in [-0.1, -0.05) is 12.8 Å². The van der Waals surface area contributed by atoms with Crippen LogP contribution in [0.4, 0.5) is 11.4 Å². The second kappa shape index (κ2) is 5.35. The van der Waals surface area contributed by atoms with Crippen LogP contribution in [0.15, 0.2) is 18.2 Å². The second-order valence-corrected chi connectivity index (χ2v) is 5.86. The van der Waals surface area contributed by atoms with Gasteiger partial charge in [0.25, 0.3) is 0 Å². The van der Waals surface area contributed by atoms with Crippen molar-refractivity contribution in [2.24, 2.45) is 5.92 Å². The molecule has 2 fully saturated rings. The zero-order chi connectivity index (χ0) is 14.1. The van der Waals surface area contributed by atoms with Crippen molar-refractivity contribution in [3.63, 3.8) is 0 Å². The Bertz CT molecular complexity index is 515. The van der Waals surface area contributed by atoms with Crippen LogP contribution in [-0.4, -0.2) is 25.7 Å². The summed E-state index contributed by atoms with van der Waals surface area (Å²) in [5.41, 5.74) is 8.01. The number of methoxy groups -OCH3 is 1. The molecule has 2 aliphatic rings. The first kappa shape index (κ1) is 13.3. The van der Waals surface area contributed by atoms with Crippen molar-refractivity contribution in [1.82, 2.24) is 0 Å². The number of nitrogens with two attached hydrogens (primary N) is 1. The van der Waals surface area contributed by atoms with E-state index in [9.17, 15) is 4.79 Å². The Kier molecular flexibility index (Phi) is 3.55. The summed E-state index contributed by atoms with van der Waals surface area (Å²) in [5, 5.41) is 0. The minimum atomic E-state index is -0.299. The fraction of sp³-hybridized carbons (Fsp3) is 0.562. The summed E-state index contributed by atoms with van der Waals surface area (Å²) in [4.78, 5) is 14.4. The normalized spacial score (nSPS) is 25.4. The van der Waals surface area contributed by atoms with Crippen LogP contribution in [-0.2, 0) is 4.74 Å². The number of nitrogens with zero attached hydrogens (tertiary/aromatic N) is 1. The summed E-state index contributed by atoms with van der Waals surface area (Å²) in [5.74, 6) is 0.485. The molecule has 1 aromatic carbocycles. The number of carbonyl (C=O) groups excluding carboxylic acids is 1. The van der Waals surface area contributed by atoms with Gasteiger partial charge in [-0.05, 0) is 43.4 Å². The minimum absolute atomic E-state index is 0.299. The maximum Gasteiger partial charge on any atom is 0.340 e. The standard InChI is InChI=1S/C16H22N2O2/c1-20-16(19)13-10-12(17)6-7-15(13)18-9-8-11-4-2-3-5-14(11)18/h6-7,10-11,14H,2-5,8-9,17H2,1H3. The van der Waals surface area contributed by atoms with E-state index < -0.39 is 0 Å². The highest BCUT2D eigenvalue weighted by molar-refractivity contribution is 5.97. The largest absolute Gasteiger partial charge is 0.465 e. The van der Waals surface area contributed by atoms with Crippen molar-refractivity contribution in [2.75, 3.05) is 24.3 Å². The third-order valence-corrected chi connectivity index (χ3v) is 4.75. The van der Waals surface area contributed by atoms with Gasteiger partial charge in [-0.2, -0.15) is 0 Å². The van der Waals surface area contributed by atoms with E-state index in [1.54, 1.807) is 6.07 Å². The van der Waals surface area contributed by atoms with E-state index in [0.29, 0.717) is 17.3 Å². The molecule has 3 rings (SSSR count). The third-order valence-electron chi connectivity index (χ3n) is 4.75.